The van der Waals surface area contributed by atoms with Crippen LogP contribution in [0.4, 0.5) is 0 Å². The van der Waals surface area contributed by atoms with Crippen LogP contribution in [0.25, 0.3) is 0 Å². The van der Waals surface area contributed by atoms with Crippen molar-refractivity contribution >= 4 is 23.9 Å². The highest BCUT2D eigenvalue weighted by molar-refractivity contribution is 5.77. The van der Waals surface area contributed by atoms with Gasteiger partial charge in [-0.25, -0.2) is 0 Å². The van der Waals surface area contributed by atoms with Gasteiger partial charge < -0.3 is 24.8 Å². The molecule has 0 saturated heterocycles. The zero-order chi connectivity index (χ0) is 36.4. The van der Waals surface area contributed by atoms with E-state index in [0.29, 0.717) is 59.4 Å². The van der Waals surface area contributed by atoms with Gasteiger partial charge in [-0.1, -0.05) is 34.9 Å². The first-order valence-corrected chi connectivity index (χ1v) is 17.1. The van der Waals surface area contributed by atoms with Gasteiger partial charge in [-0.05, 0) is 136 Å². The summed E-state index contributed by atoms with van der Waals surface area (Å²) in [6, 6.07) is 0. The molecule has 3 N–H and O–H groups in total. The molecule has 0 saturated carbocycles. The normalized spacial score (nSPS) is 13.1. The third-order valence-electron chi connectivity index (χ3n) is 8.50. The van der Waals surface area contributed by atoms with Gasteiger partial charge in [0.15, 0.2) is 0 Å². The maximum atomic E-state index is 12.7. The van der Waals surface area contributed by atoms with Gasteiger partial charge in [-0.3, -0.25) is 19.2 Å². The van der Waals surface area contributed by atoms with Crippen LogP contribution in [-0.2, 0) is 25.6 Å². The number of rotatable bonds is 22. The van der Waals surface area contributed by atoms with Gasteiger partial charge in [0, 0.05) is 31.2 Å². The lowest BCUT2D eigenvalue weighted by Gasteiger charge is -2.26. The summed E-state index contributed by atoms with van der Waals surface area (Å²) in [6.45, 7) is 15.6. The van der Waals surface area contributed by atoms with E-state index in [0.717, 1.165) is 25.7 Å². The third-order valence-corrected chi connectivity index (χ3v) is 8.50. The van der Waals surface area contributed by atoms with E-state index < -0.39 is 29.5 Å². The molecular formula is C39H58O9. The monoisotopic (exact) mass is 670 g/mol. The van der Waals surface area contributed by atoms with E-state index in [1.54, 1.807) is 27.7 Å². The van der Waals surface area contributed by atoms with E-state index in [1.165, 1.54) is 16.7 Å². The molecule has 1 rings (SSSR count). The van der Waals surface area contributed by atoms with Crippen molar-refractivity contribution in [1.29, 1.82) is 0 Å². The van der Waals surface area contributed by atoms with Gasteiger partial charge in [0.2, 0.25) is 0 Å². The first-order chi connectivity index (χ1) is 22.4. The molecule has 0 spiro atoms. The molecule has 0 aliphatic rings. The molecule has 0 fully saturated rings. The topological polar surface area (TPSA) is 147 Å². The van der Waals surface area contributed by atoms with Gasteiger partial charge in [0.25, 0.3) is 0 Å². The van der Waals surface area contributed by atoms with Crippen LogP contribution in [0, 0.1) is 20.8 Å². The number of carboxylic acids is 2. The Morgan fingerprint density at radius 2 is 1.08 bits per heavy atom. The quantitative estimate of drug-likeness (QED) is 0.0625. The molecule has 1 unspecified atom stereocenters. The molecule has 0 bridgehead atoms. The van der Waals surface area contributed by atoms with E-state index in [1.807, 2.05) is 0 Å². The maximum absolute atomic E-state index is 12.7. The Bertz CT molecular complexity index is 1360. The standard InChI is InChI=1S/C39H58O9/c1-26(2)14-9-15-27(3)16-10-17-28(4)18-13-24-39(8,46)25-23-32-31(7)37(47-35(44)21-11-19-33(40)41)29(5)30(6)38(32)48-36(45)22-12-20-34(42)43/h14,16,18,46H,9-13,15,17,19-25H2,1-8H3,(H,40,41)(H,42,43)/b27-16+,28-18+. The Morgan fingerprint density at radius 1 is 0.625 bits per heavy atom. The number of carbonyl (C=O) groups is 4. The van der Waals surface area contributed by atoms with E-state index >= 15 is 0 Å². The number of allylic oxidation sites excluding steroid dienone is 6. The van der Waals surface area contributed by atoms with Crippen LogP contribution in [0.3, 0.4) is 0 Å². The zero-order valence-electron chi connectivity index (χ0n) is 30.4. The Labute approximate surface area is 287 Å². The van der Waals surface area contributed by atoms with E-state index in [-0.39, 0.29) is 38.5 Å². The fourth-order valence-electron chi connectivity index (χ4n) is 5.33. The second-order valence-electron chi connectivity index (χ2n) is 13.4. The van der Waals surface area contributed by atoms with Crippen molar-refractivity contribution in [2.45, 2.75) is 151 Å². The number of aliphatic carboxylic acids is 2. The predicted molar refractivity (Wildman–Crippen MR) is 188 cm³/mol. The van der Waals surface area contributed by atoms with Gasteiger partial charge in [-0.2, -0.15) is 0 Å². The van der Waals surface area contributed by atoms with Gasteiger partial charge in [0.1, 0.15) is 11.5 Å². The van der Waals surface area contributed by atoms with Crippen LogP contribution >= 0.6 is 0 Å². The van der Waals surface area contributed by atoms with E-state index in [4.69, 9.17) is 19.7 Å². The second kappa shape index (κ2) is 21.3. The number of carbonyl (C=O) groups excluding carboxylic acids is 2. The van der Waals surface area contributed by atoms with Crippen molar-refractivity contribution in [1.82, 2.24) is 0 Å². The van der Waals surface area contributed by atoms with Crippen LogP contribution in [-0.4, -0.2) is 44.8 Å². The molecule has 1 aromatic carbocycles. The fourth-order valence-corrected chi connectivity index (χ4v) is 5.33. The van der Waals surface area contributed by atoms with Gasteiger partial charge in [0.05, 0.1) is 5.60 Å². The first kappa shape index (κ1) is 42.3. The molecule has 1 atom stereocenters. The lowest BCUT2D eigenvalue weighted by molar-refractivity contribution is -0.139. The first-order valence-electron chi connectivity index (χ1n) is 17.1. The summed E-state index contributed by atoms with van der Waals surface area (Å²) in [6.07, 6.45) is 12.6. The number of hydrogen-bond acceptors (Lipinski definition) is 7. The van der Waals surface area contributed by atoms with Crippen molar-refractivity contribution in [3.63, 3.8) is 0 Å². The minimum absolute atomic E-state index is 0.0618. The van der Waals surface area contributed by atoms with Crippen molar-refractivity contribution < 1.29 is 44.0 Å². The smallest absolute Gasteiger partial charge is 0.311 e. The average molecular weight is 671 g/mol. The predicted octanol–water partition coefficient (Wildman–Crippen LogP) is 8.82. The lowest BCUT2D eigenvalue weighted by Crippen LogP contribution is -2.25. The second-order valence-corrected chi connectivity index (χ2v) is 13.4. The molecule has 268 valence electrons. The molecule has 0 amide bonds. The van der Waals surface area contributed by atoms with Crippen LogP contribution in [0.15, 0.2) is 34.9 Å². The Balaban J connectivity index is 3.08. The summed E-state index contributed by atoms with van der Waals surface area (Å²) in [4.78, 5) is 47.1. The molecule has 0 aliphatic heterocycles. The van der Waals surface area contributed by atoms with Crippen molar-refractivity contribution in [3.8, 4) is 11.5 Å². The summed E-state index contributed by atoms with van der Waals surface area (Å²) < 4.78 is 11.5. The third kappa shape index (κ3) is 16.9. The summed E-state index contributed by atoms with van der Waals surface area (Å²) in [5, 5.41) is 29.2. The maximum Gasteiger partial charge on any atom is 0.311 e. The highest BCUT2D eigenvalue weighted by Gasteiger charge is 2.26. The number of carboxylic acid groups (broad SMARTS) is 2. The van der Waals surface area contributed by atoms with Crippen molar-refractivity contribution in [3.05, 3.63) is 57.2 Å². The van der Waals surface area contributed by atoms with Crippen LogP contribution in [0.5, 0.6) is 11.5 Å². The Kier molecular flexibility index (Phi) is 18.8. The zero-order valence-corrected chi connectivity index (χ0v) is 30.4. The fraction of sp³-hybridized carbons (Fsp3) is 0.590. The molecule has 0 heterocycles. The molecular weight excluding hydrogens is 612 g/mol. The molecule has 48 heavy (non-hydrogen) atoms. The molecule has 0 aromatic heterocycles. The average Bonchev–Trinajstić information content (AvgIpc) is 2.97. The highest BCUT2D eigenvalue weighted by atomic mass is 16.5. The van der Waals surface area contributed by atoms with E-state index in [2.05, 4.69) is 45.9 Å². The van der Waals surface area contributed by atoms with Crippen LogP contribution < -0.4 is 9.47 Å². The van der Waals surface area contributed by atoms with Crippen LogP contribution in [0.1, 0.15) is 140 Å². The SMILES string of the molecule is CC(C)=CCC/C(C)=C/CC/C(C)=C/CCC(C)(O)CCc1c(C)c(OC(=O)CCCC(=O)O)c(C)c(C)c1OC(=O)CCCC(=O)O. The van der Waals surface area contributed by atoms with E-state index in [9.17, 15) is 24.3 Å². The number of esters is 2. The summed E-state index contributed by atoms with van der Waals surface area (Å²) in [5.74, 6) is -2.46. The lowest BCUT2D eigenvalue weighted by atomic mass is 9.88. The summed E-state index contributed by atoms with van der Waals surface area (Å²) >= 11 is 0. The number of benzene rings is 1. The van der Waals surface area contributed by atoms with Crippen molar-refractivity contribution in [2.75, 3.05) is 0 Å². The highest BCUT2D eigenvalue weighted by Crippen LogP contribution is 2.40. The number of ether oxygens (including phenoxy) is 2. The minimum atomic E-state index is -1.03. The Morgan fingerprint density at radius 3 is 1.58 bits per heavy atom. The molecule has 1 aromatic rings. The largest absolute Gasteiger partial charge is 0.481 e. The minimum Gasteiger partial charge on any atom is -0.481 e. The van der Waals surface area contributed by atoms with Crippen molar-refractivity contribution in [2.24, 2.45) is 0 Å². The molecule has 0 radical (unpaired) electrons. The number of aliphatic hydroxyl groups is 1. The number of hydrogen-bond donors (Lipinski definition) is 3. The van der Waals surface area contributed by atoms with Gasteiger partial charge in [-0.15, -0.1) is 0 Å². The summed E-state index contributed by atoms with van der Waals surface area (Å²) in [5.41, 5.74) is 5.39. The Hall–Kier alpha value is -3.72. The van der Waals surface area contributed by atoms with Crippen LogP contribution in [0.2, 0.25) is 0 Å². The summed E-state index contributed by atoms with van der Waals surface area (Å²) in [7, 11) is 0. The molecule has 9 heteroatoms. The molecule has 9 nitrogen and oxygen atoms in total. The van der Waals surface area contributed by atoms with Gasteiger partial charge >= 0.3 is 23.9 Å². The molecule has 0 aliphatic carbocycles.